The molecule has 19 heavy (non-hydrogen) atoms. The van der Waals surface area contributed by atoms with E-state index in [9.17, 15) is 8.42 Å². The van der Waals surface area contributed by atoms with Crippen molar-refractivity contribution in [2.24, 2.45) is 5.41 Å². The third kappa shape index (κ3) is 4.18. The summed E-state index contributed by atoms with van der Waals surface area (Å²) in [7, 11) is -3.56. The molecular weight excluding hydrogens is 350 g/mol. The van der Waals surface area contributed by atoms with Gasteiger partial charge in [-0.05, 0) is 30.4 Å². The van der Waals surface area contributed by atoms with Crippen LogP contribution in [0.2, 0.25) is 5.02 Å². The number of sulfonamides is 1. The molecule has 0 unspecified atom stereocenters. The van der Waals surface area contributed by atoms with E-state index < -0.39 is 10.0 Å². The van der Waals surface area contributed by atoms with Gasteiger partial charge in [0, 0.05) is 11.9 Å². The second kappa shape index (κ2) is 7.07. The van der Waals surface area contributed by atoms with Crippen molar-refractivity contribution in [3.05, 3.63) is 29.3 Å². The Bertz CT molecular complexity index is 507. The lowest BCUT2D eigenvalue weighted by Crippen LogP contribution is -2.38. The molecule has 0 aliphatic rings. The van der Waals surface area contributed by atoms with Gasteiger partial charge in [-0.15, -0.1) is 0 Å². The van der Waals surface area contributed by atoms with Crippen LogP contribution in [-0.4, -0.2) is 20.3 Å². The van der Waals surface area contributed by atoms with Crippen LogP contribution in [0.1, 0.15) is 26.7 Å². The first-order valence-corrected chi connectivity index (χ1v) is 9.19. The number of nitrogens with one attached hydrogen (secondary N) is 1. The number of hydrogen-bond donors (Lipinski definition) is 1. The lowest BCUT2D eigenvalue weighted by molar-refractivity contribution is 0.309. The van der Waals surface area contributed by atoms with Gasteiger partial charge in [0.15, 0.2) is 0 Å². The van der Waals surface area contributed by atoms with Gasteiger partial charge in [-0.1, -0.05) is 53.5 Å². The summed E-state index contributed by atoms with van der Waals surface area (Å²) in [5.74, 6) is 0. The number of alkyl halides is 1. The smallest absolute Gasteiger partial charge is 0.211 e. The Kier molecular flexibility index (Phi) is 6.30. The summed E-state index contributed by atoms with van der Waals surface area (Å²) in [6, 6.07) is 6.46. The van der Waals surface area contributed by atoms with Gasteiger partial charge in [0.1, 0.15) is 4.90 Å². The Balaban J connectivity index is 2.90. The second-order valence-electron chi connectivity index (χ2n) is 4.60. The highest BCUT2D eigenvalue weighted by atomic mass is 79.9. The third-order valence-corrected chi connectivity index (χ3v) is 6.64. The number of hydrogen-bond acceptors (Lipinski definition) is 2. The van der Waals surface area contributed by atoms with Crippen molar-refractivity contribution in [3.8, 4) is 0 Å². The summed E-state index contributed by atoms with van der Waals surface area (Å²) in [6.45, 7) is 4.53. The molecule has 0 saturated heterocycles. The molecule has 6 heteroatoms. The molecule has 0 aromatic heterocycles. The fourth-order valence-corrected chi connectivity index (χ4v) is 4.39. The van der Waals surface area contributed by atoms with Crippen LogP contribution in [0.5, 0.6) is 0 Å². The van der Waals surface area contributed by atoms with Crippen LogP contribution in [0.25, 0.3) is 0 Å². The van der Waals surface area contributed by atoms with E-state index in [4.69, 9.17) is 11.6 Å². The summed E-state index contributed by atoms with van der Waals surface area (Å²) in [4.78, 5) is 0.132. The van der Waals surface area contributed by atoms with Crippen LogP contribution >= 0.6 is 27.5 Å². The number of halogens is 2. The quantitative estimate of drug-likeness (QED) is 0.744. The SMILES string of the molecule is CCC(CC)(CBr)CNS(=O)(=O)c1ccccc1Cl. The van der Waals surface area contributed by atoms with E-state index in [2.05, 4.69) is 34.5 Å². The van der Waals surface area contributed by atoms with Gasteiger partial charge in [0.05, 0.1) is 5.02 Å². The molecule has 0 aliphatic carbocycles. The molecular formula is C13H19BrClNO2S. The highest BCUT2D eigenvalue weighted by Gasteiger charge is 2.28. The van der Waals surface area contributed by atoms with E-state index >= 15 is 0 Å². The first kappa shape index (κ1) is 17.0. The van der Waals surface area contributed by atoms with Crippen molar-refractivity contribution in [1.82, 2.24) is 4.72 Å². The molecule has 0 heterocycles. The summed E-state index contributed by atoms with van der Waals surface area (Å²) in [5.41, 5.74) is -0.0612. The summed E-state index contributed by atoms with van der Waals surface area (Å²) < 4.78 is 27.1. The Morgan fingerprint density at radius 3 is 2.32 bits per heavy atom. The topological polar surface area (TPSA) is 46.2 Å². The third-order valence-electron chi connectivity index (χ3n) is 3.55. The van der Waals surface area contributed by atoms with Crippen molar-refractivity contribution in [2.45, 2.75) is 31.6 Å². The first-order chi connectivity index (χ1) is 8.90. The van der Waals surface area contributed by atoms with Crippen LogP contribution in [0.4, 0.5) is 0 Å². The van der Waals surface area contributed by atoms with Crippen molar-refractivity contribution in [1.29, 1.82) is 0 Å². The Hall–Kier alpha value is -0.100. The van der Waals surface area contributed by atoms with Crippen molar-refractivity contribution in [2.75, 3.05) is 11.9 Å². The molecule has 0 saturated carbocycles. The Labute approximate surface area is 128 Å². The van der Waals surface area contributed by atoms with Gasteiger partial charge in [-0.25, -0.2) is 13.1 Å². The van der Waals surface area contributed by atoms with E-state index in [0.717, 1.165) is 18.2 Å². The van der Waals surface area contributed by atoms with Crippen LogP contribution in [0.3, 0.4) is 0 Å². The van der Waals surface area contributed by atoms with Crippen LogP contribution in [0.15, 0.2) is 29.2 Å². The summed E-state index contributed by atoms with van der Waals surface area (Å²) in [5, 5.41) is 1.00. The lowest BCUT2D eigenvalue weighted by atomic mass is 9.85. The van der Waals surface area contributed by atoms with Crippen LogP contribution < -0.4 is 4.72 Å². The molecule has 0 aliphatic heterocycles. The minimum atomic E-state index is -3.56. The maximum atomic E-state index is 12.2. The zero-order valence-corrected chi connectivity index (χ0v) is 14.3. The zero-order valence-electron chi connectivity index (χ0n) is 11.1. The van der Waals surface area contributed by atoms with Crippen molar-refractivity contribution >= 4 is 37.6 Å². The standard InChI is InChI=1S/C13H19BrClNO2S/c1-3-13(4-2,9-14)10-16-19(17,18)12-8-6-5-7-11(12)15/h5-8,16H,3-4,9-10H2,1-2H3. The van der Waals surface area contributed by atoms with Gasteiger partial charge in [-0.3, -0.25) is 0 Å². The highest BCUT2D eigenvalue weighted by Crippen LogP contribution is 2.29. The molecule has 3 nitrogen and oxygen atoms in total. The van der Waals surface area contributed by atoms with Crippen molar-refractivity contribution in [3.63, 3.8) is 0 Å². The first-order valence-electron chi connectivity index (χ1n) is 6.21. The lowest BCUT2D eigenvalue weighted by Gasteiger charge is -2.29. The van der Waals surface area contributed by atoms with Gasteiger partial charge < -0.3 is 0 Å². The monoisotopic (exact) mass is 367 g/mol. The molecule has 0 bridgehead atoms. The molecule has 1 aromatic rings. The van der Waals surface area contributed by atoms with E-state index in [-0.39, 0.29) is 15.3 Å². The molecule has 1 rings (SSSR count). The molecule has 0 spiro atoms. The number of rotatable bonds is 7. The fourth-order valence-electron chi connectivity index (χ4n) is 1.72. The minimum Gasteiger partial charge on any atom is -0.211 e. The largest absolute Gasteiger partial charge is 0.242 e. The molecule has 108 valence electrons. The maximum Gasteiger partial charge on any atom is 0.242 e. The average molecular weight is 369 g/mol. The van der Waals surface area contributed by atoms with Crippen LogP contribution in [-0.2, 0) is 10.0 Å². The Morgan fingerprint density at radius 1 is 1.26 bits per heavy atom. The van der Waals surface area contributed by atoms with Crippen molar-refractivity contribution < 1.29 is 8.42 Å². The average Bonchev–Trinajstić information content (AvgIpc) is 2.41. The van der Waals surface area contributed by atoms with E-state index in [1.807, 2.05) is 0 Å². The van der Waals surface area contributed by atoms with Gasteiger partial charge >= 0.3 is 0 Å². The second-order valence-corrected chi connectivity index (χ2v) is 7.30. The van der Waals surface area contributed by atoms with E-state index in [1.165, 1.54) is 6.07 Å². The number of benzene rings is 1. The zero-order chi connectivity index (χ0) is 14.5. The summed E-state index contributed by atoms with van der Waals surface area (Å²) >= 11 is 9.40. The molecule has 0 radical (unpaired) electrons. The Morgan fingerprint density at radius 2 is 1.84 bits per heavy atom. The fraction of sp³-hybridized carbons (Fsp3) is 0.538. The molecule has 0 amide bonds. The molecule has 1 N–H and O–H groups in total. The predicted octanol–water partition coefficient (Wildman–Crippen LogP) is 3.82. The maximum absolute atomic E-state index is 12.2. The van der Waals surface area contributed by atoms with Gasteiger partial charge in [0.2, 0.25) is 10.0 Å². The highest BCUT2D eigenvalue weighted by molar-refractivity contribution is 9.09. The van der Waals surface area contributed by atoms with E-state index in [1.54, 1.807) is 18.2 Å². The molecule has 1 aromatic carbocycles. The normalized spacial score (nSPS) is 12.6. The van der Waals surface area contributed by atoms with Crippen LogP contribution in [0, 0.1) is 5.41 Å². The molecule has 0 fully saturated rings. The predicted molar refractivity (Wildman–Crippen MR) is 83.4 cm³/mol. The minimum absolute atomic E-state index is 0.0612. The summed E-state index contributed by atoms with van der Waals surface area (Å²) in [6.07, 6.45) is 1.81. The van der Waals surface area contributed by atoms with Gasteiger partial charge in [0.25, 0.3) is 0 Å². The molecule has 0 atom stereocenters. The van der Waals surface area contributed by atoms with Gasteiger partial charge in [-0.2, -0.15) is 0 Å². The van der Waals surface area contributed by atoms with E-state index in [0.29, 0.717) is 6.54 Å².